The van der Waals surface area contributed by atoms with Crippen LogP contribution in [0.2, 0.25) is 5.02 Å². The number of anilines is 2. The topological polar surface area (TPSA) is 65.9 Å². The second-order valence-electron chi connectivity index (χ2n) is 6.01. The van der Waals surface area contributed by atoms with Gasteiger partial charge in [-0.25, -0.2) is 4.98 Å². The molecule has 0 radical (unpaired) electrons. The van der Waals surface area contributed by atoms with Gasteiger partial charge in [-0.2, -0.15) is 0 Å². The lowest BCUT2D eigenvalue weighted by Gasteiger charge is -2.34. The first-order chi connectivity index (χ1) is 10.3. The lowest BCUT2D eigenvalue weighted by molar-refractivity contribution is -0.117. The molecule has 1 N–H and O–H groups in total. The first kappa shape index (κ1) is 17.0. The number of aromatic nitrogens is 1. The van der Waals surface area contributed by atoms with Crippen LogP contribution in [-0.2, 0) is 9.53 Å². The predicted molar refractivity (Wildman–Crippen MR) is 86.6 cm³/mol. The first-order valence-electron chi connectivity index (χ1n) is 7.26. The highest BCUT2D eigenvalue weighted by Crippen LogP contribution is 2.31. The SMILES string of the molecule is CC(=O)N(CC(C)(C)O)c1ncc(Cl)cc1N1CCOCC1. The van der Waals surface area contributed by atoms with E-state index in [2.05, 4.69) is 9.88 Å². The van der Waals surface area contributed by atoms with Gasteiger partial charge in [0.25, 0.3) is 0 Å². The van der Waals surface area contributed by atoms with Crippen LogP contribution >= 0.6 is 11.6 Å². The zero-order valence-electron chi connectivity index (χ0n) is 13.2. The standard InChI is InChI=1S/C15H22ClN3O3/c1-11(20)19(10-15(2,3)21)14-13(8-12(16)9-17-14)18-4-6-22-7-5-18/h8-9,21H,4-7,10H2,1-3H3. The van der Waals surface area contributed by atoms with E-state index < -0.39 is 5.60 Å². The number of nitrogens with zero attached hydrogens (tertiary/aromatic N) is 3. The second kappa shape index (κ2) is 6.81. The number of aliphatic hydroxyl groups is 1. The van der Waals surface area contributed by atoms with Crippen molar-refractivity contribution in [1.29, 1.82) is 0 Å². The van der Waals surface area contributed by atoms with Crippen molar-refractivity contribution >= 4 is 29.0 Å². The molecule has 1 aromatic heterocycles. The van der Waals surface area contributed by atoms with Crippen LogP contribution in [0.1, 0.15) is 20.8 Å². The maximum atomic E-state index is 12.0. The number of ether oxygens (including phenoxy) is 1. The highest BCUT2D eigenvalue weighted by Gasteiger charge is 2.27. The molecule has 1 saturated heterocycles. The smallest absolute Gasteiger partial charge is 0.225 e. The molecule has 1 aromatic rings. The number of amides is 1. The number of halogens is 1. The summed E-state index contributed by atoms with van der Waals surface area (Å²) in [6.45, 7) is 7.61. The normalized spacial score (nSPS) is 15.8. The summed E-state index contributed by atoms with van der Waals surface area (Å²) in [6.07, 6.45) is 1.52. The van der Waals surface area contributed by atoms with Crippen LogP contribution in [-0.4, -0.2) is 54.4 Å². The predicted octanol–water partition coefficient (Wildman–Crippen LogP) is 1.70. The molecule has 0 aliphatic carbocycles. The van der Waals surface area contributed by atoms with Crippen molar-refractivity contribution < 1.29 is 14.6 Å². The van der Waals surface area contributed by atoms with Gasteiger partial charge in [0.2, 0.25) is 5.91 Å². The summed E-state index contributed by atoms with van der Waals surface area (Å²) >= 11 is 6.08. The summed E-state index contributed by atoms with van der Waals surface area (Å²) in [5, 5.41) is 10.6. The molecule has 2 heterocycles. The molecule has 0 saturated carbocycles. The van der Waals surface area contributed by atoms with Gasteiger partial charge in [-0.1, -0.05) is 11.6 Å². The van der Waals surface area contributed by atoms with E-state index in [-0.39, 0.29) is 12.5 Å². The van der Waals surface area contributed by atoms with Crippen LogP contribution in [0.3, 0.4) is 0 Å². The van der Waals surface area contributed by atoms with Gasteiger partial charge in [0.15, 0.2) is 5.82 Å². The van der Waals surface area contributed by atoms with Crippen LogP contribution in [0.15, 0.2) is 12.3 Å². The third-order valence-electron chi connectivity index (χ3n) is 3.35. The Kier molecular flexibility index (Phi) is 5.26. The summed E-state index contributed by atoms with van der Waals surface area (Å²) in [5.74, 6) is 0.340. The molecular weight excluding hydrogens is 306 g/mol. The third-order valence-corrected chi connectivity index (χ3v) is 3.55. The Morgan fingerprint density at radius 3 is 2.68 bits per heavy atom. The quantitative estimate of drug-likeness (QED) is 0.911. The van der Waals surface area contributed by atoms with Gasteiger partial charge in [-0.05, 0) is 19.9 Å². The monoisotopic (exact) mass is 327 g/mol. The Morgan fingerprint density at radius 2 is 2.14 bits per heavy atom. The van der Waals surface area contributed by atoms with E-state index in [1.54, 1.807) is 19.9 Å². The summed E-state index contributed by atoms with van der Waals surface area (Å²) in [5.41, 5.74) is -0.231. The van der Waals surface area contributed by atoms with Crippen LogP contribution in [0.25, 0.3) is 0 Å². The fourth-order valence-corrected chi connectivity index (χ4v) is 2.54. The fourth-order valence-electron chi connectivity index (χ4n) is 2.39. The van der Waals surface area contributed by atoms with Gasteiger partial charge in [0.05, 0.1) is 36.1 Å². The molecule has 0 spiro atoms. The summed E-state index contributed by atoms with van der Waals surface area (Å²) in [4.78, 5) is 20.0. The van der Waals surface area contributed by atoms with Gasteiger partial charge < -0.3 is 14.7 Å². The third kappa shape index (κ3) is 4.32. The molecule has 0 bridgehead atoms. The van der Waals surface area contributed by atoms with Gasteiger partial charge >= 0.3 is 0 Å². The molecule has 2 rings (SSSR count). The minimum Gasteiger partial charge on any atom is -0.389 e. The van der Waals surface area contributed by atoms with E-state index in [1.807, 2.05) is 0 Å². The van der Waals surface area contributed by atoms with Crippen LogP contribution in [0, 0.1) is 0 Å². The molecule has 1 fully saturated rings. The Labute approximate surface area is 135 Å². The first-order valence-corrected chi connectivity index (χ1v) is 7.64. The van der Waals surface area contributed by atoms with Crippen LogP contribution in [0.5, 0.6) is 0 Å². The number of pyridine rings is 1. The number of rotatable bonds is 4. The van der Waals surface area contributed by atoms with Crippen LogP contribution in [0.4, 0.5) is 11.5 Å². The molecule has 22 heavy (non-hydrogen) atoms. The minimum atomic E-state index is -1.02. The van der Waals surface area contributed by atoms with Crippen molar-refractivity contribution in [3.8, 4) is 0 Å². The number of hydrogen-bond donors (Lipinski definition) is 1. The number of carbonyl (C=O) groups excluding carboxylic acids is 1. The maximum Gasteiger partial charge on any atom is 0.225 e. The van der Waals surface area contributed by atoms with Crippen molar-refractivity contribution in [1.82, 2.24) is 4.98 Å². The molecule has 1 aliphatic heterocycles. The van der Waals surface area contributed by atoms with Crippen molar-refractivity contribution in [2.75, 3.05) is 42.6 Å². The number of hydrogen-bond acceptors (Lipinski definition) is 5. The zero-order chi connectivity index (χ0) is 16.3. The maximum absolute atomic E-state index is 12.0. The van der Waals surface area contributed by atoms with Gasteiger partial charge in [-0.3, -0.25) is 9.69 Å². The van der Waals surface area contributed by atoms with Crippen molar-refractivity contribution in [3.05, 3.63) is 17.3 Å². The Hall–Kier alpha value is -1.37. The van der Waals surface area contributed by atoms with Gasteiger partial charge in [0, 0.05) is 26.2 Å². The lowest BCUT2D eigenvalue weighted by atomic mass is 10.1. The molecule has 122 valence electrons. The fraction of sp³-hybridized carbons (Fsp3) is 0.600. The summed E-state index contributed by atoms with van der Waals surface area (Å²) in [6, 6.07) is 1.80. The Bertz CT molecular complexity index is 539. The Balaban J connectivity index is 2.40. The van der Waals surface area contributed by atoms with E-state index in [0.29, 0.717) is 37.1 Å². The van der Waals surface area contributed by atoms with Gasteiger partial charge in [0.1, 0.15) is 0 Å². The highest BCUT2D eigenvalue weighted by molar-refractivity contribution is 6.30. The van der Waals surface area contributed by atoms with Crippen molar-refractivity contribution in [2.45, 2.75) is 26.4 Å². The summed E-state index contributed by atoms with van der Waals surface area (Å²) in [7, 11) is 0. The number of morpholine rings is 1. The highest BCUT2D eigenvalue weighted by atomic mass is 35.5. The molecule has 6 nitrogen and oxygen atoms in total. The van der Waals surface area contributed by atoms with Gasteiger partial charge in [-0.15, -0.1) is 0 Å². The molecule has 1 aliphatic rings. The molecule has 0 unspecified atom stereocenters. The largest absolute Gasteiger partial charge is 0.389 e. The molecule has 0 aromatic carbocycles. The van der Waals surface area contributed by atoms with E-state index in [0.717, 1.165) is 5.69 Å². The van der Waals surface area contributed by atoms with Crippen molar-refractivity contribution in [3.63, 3.8) is 0 Å². The minimum absolute atomic E-state index is 0.161. The summed E-state index contributed by atoms with van der Waals surface area (Å²) < 4.78 is 5.36. The molecule has 1 amide bonds. The molecule has 7 heteroatoms. The van der Waals surface area contributed by atoms with E-state index in [9.17, 15) is 9.90 Å². The van der Waals surface area contributed by atoms with Crippen molar-refractivity contribution in [2.24, 2.45) is 0 Å². The average Bonchev–Trinajstić information content (AvgIpc) is 2.45. The van der Waals surface area contributed by atoms with E-state index >= 15 is 0 Å². The second-order valence-corrected chi connectivity index (χ2v) is 6.45. The molecular formula is C15H22ClN3O3. The van der Waals surface area contributed by atoms with E-state index in [4.69, 9.17) is 16.3 Å². The number of carbonyl (C=O) groups is 1. The van der Waals surface area contributed by atoms with E-state index in [1.165, 1.54) is 18.0 Å². The Morgan fingerprint density at radius 1 is 1.50 bits per heavy atom. The molecule has 0 atom stereocenters. The average molecular weight is 328 g/mol. The zero-order valence-corrected chi connectivity index (χ0v) is 13.9. The lowest BCUT2D eigenvalue weighted by Crippen LogP contribution is -2.43. The van der Waals surface area contributed by atoms with Crippen LogP contribution < -0.4 is 9.80 Å².